The van der Waals surface area contributed by atoms with Gasteiger partial charge in [-0.15, -0.1) is 0 Å². The maximum Gasteiger partial charge on any atom is 0.228 e. The SMILES string of the molecule is CN1C(=O)C[C@@H](C(=O)N2CCN(c3ccccc3F)CC2)[C@@H]1c1ccc(F)cc1. The van der Waals surface area contributed by atoms with E-state index in [1.54, 1.807) is 47.2 Å². The predicted molar refractivity (Wildman–Crippen MR) is 105 cm³/mol. The van der Waals surface area contributed by atoms with Crippen LogP contribution in [0.4, 0.5) is 14.5 Å². The minimum atomic E-state index is -0.502. The topological polar surface area (TPSA) is 43.9 Å². The van der Waals surface area contributed by atoms with Crippen LogP contribution in [-0.4, -0.2) is 54.8 Å². The number of hydrogen-bond donors (Lipinski definition) is 0. The summed E-state index contributed by atoms with van der Waals surface area (Å²) in [6.45, 7) is 2.00. The Morgan fingerprint density at radius 1 is 0.966 bits per heavy atom. The summed E-state index contributed by atoms with van der Waals surface area (Å²) >= 11 is 0. The maximum atomic E-state index is 14.0. The molecule has 29 heavy (non-hydrogen) atoms. The van der Waals surface area contributed by atoms with Crippen molar-refractivity contribution in [2.75, 3.05) is 38.1 Å². The lowest BCUT2D eigenvalue weighted by molar-refractivity contribution is -0.136. The molecular weight excluding hydrogens is 376 g/mol. The molecule has 0 bridgehead atoms. The van der Waals surface area contributed by atoms with Gasteiger partial charge in [-0.1, -0.05) is 24.3 Å². The molecule has 2 aliphatic heterocycles. The number of benzene rings is 2. The van der Waals surface area contributed by atoms with Crippen LogP contribution in [0.3, 0.4) is 0 Å². The standard InChI is InChI=1S/C22H23F2N3O2/c1-25-20(28)14-17(21(25)15-6-8-16(23)9-7-15)22(29)27-12-10-26(11-13-27)19-5-3-2-4-18(19)24/h2-9,17,21H,10-14H2,1H3/t17-,21+/m1/s1. The van der Waals surface area contributed by atoms with Crippen LogP contribution in [0, 0.1) is 17.6 Å². The third-order valence-electron chi connectivity index (χ3n) is 5.90. The van der Waals surface area contributed by atoms with Crippen molar-refractivity contribution < 1.29 is 18.4 Å². The van der Waals surface area contributed by atoms with Gasteiger partial charge in [0.05, 0.1) is 17.6 Å². The summed E-state index contributed by atoms with van der Waals surface area (Å²) in [5.41, 5.74) is 1.29. The summed E-state index contributed by atoms with van der Waals surface area (Å²) < 4.78 is 27.3. The average molecular weight is 399 g/mol. The molecule has 2 heterocycles. The van der Waals surface area contributed by atoms with E-state index in [-0.39, 0.29) is 29.9 Å². The molecule has 2 saturated heterocycles. The van der Waals surface area contributed by atoms with Gasteiger partial charge in [-0.3, -0.25) is 9.59 Å². The van der Waals surface area contributed by atoms with Crippen LogP contribution < -0.4 is 4.90 Å². The van der Waals surface area contributed by atoms with E-state index in [9.17, 15) is 18.4 Å². The summed E-state index contributed by atoms with van der Waals surface area (Å²) in [6.07, 6.45) is 0.144. The number of halogens is 2. The quantitative estimate of drug-likeness (QED) is 0.797. The number of amides is 2. The van der Waals surface area contributed by atoms with Crippen LogP contribution in [0.2, 0.25) is 0 Å². The van der Waals surface area contributed by atoms with E-state index < -0.39 is 12.0 Å². The average Bonchev–Trinajstić information content (AvgIpc) is 3.03. The van der Waals surface area contributed by atoms with Gasteiger partial charge in [0.15, 0.2) is 0 Å². The van der Waals surface area contributed by atoms with Crippen molar-refractivity contribution in [2.45, 2.75) is 12.5 Å². The maximum absolute atomic E-state index is 14.0. The van der Waals surface area contributed by atoms with Gasteiger partial charge in [-0.2, -0.15) is 0 Å². The second-order valence-electron chi connectivity index (χ2n) is 7.58. The lowest BCUT2D eigenvalue weighted by atomic mass is 9.92. The lowest BCUT2D eigenvalue weighted by Gasteiger charge is -2.38. The fraction of sp³-hybridized carbons (Fsp3) is 0.364. The molecule has 2 aliphatic rings. The van der Waals surface area contributed by atoms with Crippen LogP contribution >= 0.6 is 0 Å². The van der Waals surface area contributed by atoms with Crippen LogP contribution in [0.25, 0.3) is 0 Å². The number of likely N-dealkylation sites (tertiary alicyclic amines) is 1. The number of carbonyl (C=O) groups is 2. The highest BCUT2D eigenvalue weighted by Crippen LogP contribution is 2.38. The van der Waals surface area contributed by atoms with Crippen LogP contribution in [0.5, 0.6) is 0 Å². The zero-order valence-corrected chi connectivity index (χ0v) is 16.2. The van der Waals surface area contributed by atoms with Gasteiger partial charge in [-0.25, -0.2) is 8.78 Å². The van der Waals surface area contributed by atoms with Crippen molar-refractivity contribution in [1.82, 2.24) is 9.80 Å². The van der Waals surface area contributed by atoms with Gasteiger partial charge >= 0.3 is 0 Å². The Bertz CT molecular complexity index is 911. The van der Waals surface area contributed by atoms with E-state index in [2.05, 4.69) is 0 Å². The molecule has 0 saturated carbocycles. The summed E-state index contributed by atoms with van der Waals surface area (Å²) in [4.78, 5) is 30.8. The van der Waals surface area contributed by atoms with Gasteiger partial charge in [0.2, 0.25) is 11.8 Å². The molecule has 7 heteroatoms. The third-order valence-corrected chi connectivity index (χ3v) is 5.90. The number of carbonyl (C=O) groups excluding carboxylic acids is 2. The highest BCUT2D eigenvalue weighted by molar-refractivity contribution is 5.90. The monoisotopic (exact) mass is 399 g/mol. The largest absolute Gasteiger partial charge is 0.366 e. The van der Waals surface area contributed by atoms with Crippen molar-refractivity contribution in [3.05, 3.63) is 65.7 Å². The zero-order chi connectivity index (χ0) is 20.5. The molecule has 0 radical (unpaired) electrons. The van der Waals surface area contributed by atoms with Gasteiger partial charge < -0.3 is 14.7 Å². The summed E-state index contributed by atoms with van der Waals surface area (Å²) in [7, 11) is 1.68. The Balaban J connectivity index is 1.48. The van der Waals surface area contributed by atoms with E-state index in [0.29, 0.717) is 31.9 Å². The molecule has 2 amide bonds. The first kappa shape index (κ1) is 19.4. The highest BCUT2D eigenvalue weighted by atomic mass is 19.1. The molecular formula is C22H23F2N3O2. The minimum Gasteiger partial charge on any atom is -0.366 e. The van der Waals surface area contributed by atoms with Gasteiger partial charge in [0.25, 0.3) is 0 Å². The van der Waals surface area contributed by atoms with Gasteiger partial charge in [0.1, 0.15) is 11.6 Å². The molecule has 2 fully saturated rings. The first-order chi connectivity index (χ1) is 14.0. The predicted octanol–water partition coefficient (Wildman–Crippen LogP) is 2.83. The number of piperazine rings is 1. The number of hydrogen-bond acceptors (Lipinski definition) is 3. The summed E-state index contributed by atoms with van der Waals surface area (Å²) in [6, 6.07) is 12.2. The number of para-hydroxylation sites is 1. The first-order valence-electron chi connectivity index (χ1n) is 9.75. The lowest BCUT2D eigenvalue weighted by Crippen LogP contribution is -2.51. The molecule has 0 aliphatic carbocycles. The first-order valence-corrected chi connectivity index (χ1v) is 9.75. The second-order valence-corrected chi connectivity index (χ2v) is 7.58. The highest BCUT2D eigenvalue weighted by Gasteiger charge is 2.44. The zero-order valence-electron chi connectivity index (χ0n) is 16.2. The second kappa shape index (κ2) is 7.81. The van der Waals surface area contributed by atoms with Crippen molar-refractivity contribution in [1.29, 1.82) is 0 Å². The number of nitrogens with zero attached hydrogens (tertiary/aromatic N) is 3. The van der Waals surface area contributed by atoms with Crippen LogP contribution in [-0.2, 0) is 9.59 Å². The fourth-order valence-electron chi connectivity index (χ4n) is 4.32. The van der Waals surface area contributed by atoms with Crippen molar-refractivity contribution in [2.24, 2.45) is 5.92 Å². The van der Waals surface area contributed by atoms with E-state index >= 15 is 0 Å². The Morgan fingerprint density at radius 2 is 1.62 bits per heavy atom. The molecule has 5 nitrogen and oxygen atoms in total. The molecule has 2 aromatic rings. The molecule has 0 N–H and O–H groups in total. The normalized spacial score (nSPS) is 22.3. The Kier molecular flexibility index (Phi) is 5.22. The summed E-state index contributed by atoms with van der Waals surface area (Å²) in [5, 5.41) is 0. The fourth-order valence-corrected chi connectivity index (χ4v) is 4.32. The third kappa shape index (κ3) is 3.69. The molecule has 2 aromatic carbocycles. The molecule has 152 valence electrons. The molecule has 4 rings (SSSR count). The van der Waals surface area contributed by atoms with Crippen LogP contribution in [0.15, 0.2) is 48.5 Å². The smallest absolute Gasteiger partial charge is 0.228 e. The Labute approximate surface area is 168 Å². The van der Waals surface area contributed by atoms with E-state index in [1.165, 1.54) is 18.2 Å². The molecule has 0 unspecified atom stereocenters. The molecule has 2 atom stereocenters. The molecule has 0 aromatic heterocycles. The van der Waals surface area contributed by atoms with Crippen molar-refractivity contribution in [3.8, 4) is 0 Å². The number of anilines is 1. The van der Waals surface area contributed by atoms with E-state index in [4.69, 9.17) is 0 Å². The van der Waals surface area contributed by atoms with E-state index in [1.807, 2.05) is 4.90 Å². The summed E-state index contributed by atoms with van der Waals surface area (Å²) in [5.74, 6) is -1.30. The van der Waals surface area contributed by atoms with Crippen molar-refractivity contribution >= 4 is 17.5 Å². The molecule has 0 spiro atoms. The Morgan fingerprint density at radius 3 is 2.28 bits per heavy atom. The van der Waals surface area contributed by atoms with Gasteiger partial charge in [0, 0.05) is 39.6 Å². The number of rotatable bonds is 3. The van der Waals surface area contributed by atoms with Gasteiger partial charge in [-0.05, 0) is 29.8 Å². The van der Waals surface area contributed by atoms with Crippen LogP contribution in [0.1, 0.15) is 18.0 Å². The minimum absolute atomic E-state index is 0.0785. The van der Waals surface area contributed by atoms with E-state index in [0.717, 1.165) is 5.56 Å². The Hall–Kier alpha value is -2.96. The van der Waals surface area contributed by atoms with Crippen molar-refractivity contribution in [3.63, 3.8) is 0 Å².